The van der Waals surface area contributed by atoms with Gasteiger partial charge in [-0.3, -0.25) is 9.78 Å². The number of benzene rings is 2. The van der Waals surface area contributed by atoms with Gasteiger partial charge in [0, 0.05) is 31.0 Å². The zero-order chi connectivity index (χ0) is 21.8. The van der Waals surface area contributed by atoms with Crippen molar-refractivity contribution in [3.05, 3.63) is 77.9 Å². The molecule has 0 saturated carbocycles. The van der Waals surface area contributed by atoms with Crippen LogP contribution in [0.25, 0.3) is 11.1 Å². The molecule has 3 aromatic rings. The highest BCUT2D eigenvalue weighted by Crippen LogP contribution is 2.40. The lowest BCUT2D eigenvalue weighted by atomic mass is 9.98. The van der Waals surface area contributed by atoms with E-state index in [1.54, 1.807) is 30.5 Å². The summed E-state index contributed by atoms with van der Waals surface area (Å²) in [5, 5.41) is 2.97. The third-order valence-corrected chi connectivity index (χ3v) is 5.21. The van der Waals surface area contributed by atoms with Crippen LogP contribution in [0.3, 0.4) is 0 Å². The van der Waals surface area contributed by atoms with E-state index in [0.717, 1.165) is 11.3 Å². The molecule has 0 saturated heterocycles. The summed E-state index contributed by atoms with van der Waals surface area (Å²) in [4.78, 5) is 19.4. The van der Waals surface area contributed by atoms with Crippen LogP contribution in [-0.2, 0) is 6.54 Å². The molecule has 0 fully saturated rings. The average Bonchev–Trinajstić information content (AvgIpc) is 2.78. The fraction of sp³-hybridized carbons (Fsp3) is 0.280. The molecule has 0 unspecified atom stereocenters. The fourth-order valence-electron chi connectivity index (χ4n) is 3.67. The summed E-state index contributed by atoms with van der Waals surface area (Å²) < 4.78 is 20.5. The van der Waals surface area contributed by atoms with E-state index >= 15 is 0 Å². The van der Waals surface area contributed by atoms with Gasteiger partial charge in [-0.05, 0) is 41.3 Å². The number of hydrogen-bond acceptors (Lipinski definition) is 4. The number of hydrogen-bond donors (Lipinski definition) is 1. The first kappa shape index (κ1) is 20.8. The Hall–Kier alpha value is -3.41. The Kier molecular flexibility index (Phi) is 6.16. The molecule has 1 aliphatic heterocycles. The second kappa shape index (κ2) is 9.16. The van der Waals surface area contributed by atoms with Crippen LogP contribution in [0.2, 0.25) is 0 Å². The zero-order valence-electron chi connectivity index (χ0n) is 17.8. The van der Waals surface area contributed by atoms with Gasteiger partial charge in [-0.25, -0.2) is 4.39 Å². The van der Waals surface area contributed by atoms with Gasteiger partial charge in [0.05, 0.1) is 17.8 Å². The molecule has 1 amide bonds. The van der Waals surface area contributed by atoms with Gasteiger partial charge in [0.1, 0.15) is 12.4 Å². The molecule has 2 aromatic carbocycles. The van der Waals surface area contributed by atoms with E-state index in [1.807, 2.05) is 38.2 Å². The second-order valence-corrected chi connectivity index (χ2v) is 8.09. The van der Waals surface area contributed by atoms with Gasteiger partial charge < -0.3 is 15.0 Å². The van der Waals surface area contributed by atoms with Crippen molar-refractivity contribution >= 4 is 11.6 Å². The van der Waals surface area contributed by atoms with Gasteiger partial charge in [0.15, 0.2) is 5.75 Å². The lowest BCUT2D eigenvalue weighted by Gasteiger charge is -2.33. The third kappa shape index (κ3) is 4.68. The highest BCUT2D eigenvalue weighted by Gasteiger charge is 2.26. The summed E-state index contributed by atoms with van der Waals surface area (Å²) in [5.74, 6) is 0.312. The normalized spacial score (nSPS) is 13.0. The second-order valence-electron chi connectivity index (χ2n) is 8.09. The van der Waals surface area contributed by atoms with Crippen molar-refractivity contribution in [2.75, 3.05) is 24.6 Å². The molecule has 1 N–H and O–H groups in total. The molecule has 0 spiro atoms. The molecular formula is C25H26FN3O2. The molecule has 1 aliphatic rings. The van der Waals surface area contributed by atoms with Crippen LogP contribution in [0.4, 0.5) is 10.1 Å². The summed E-state index contributed by atoms with van der Waals surface area (Å²) in [6.45, 7) is 6.39. The first-order chi connectivity index (χ1) is 15.0. The standard InChI is InChI=1S/C25H26FN3O2/c1-17(2)14-28-25(30)21-12-19(20-7-3-4-8-22(20)26)13-23-24(21)31-11-10-29(23)16-18-6-5-9-27-15-18/h3-9,12-13,15,17H,10-11,14,16H2,1-2H3,(H,28,30). The van der Waals surface area contributed by atoms with Crippen LogP contribution >= 0.6 is 0 Å². The minimum atomic E-state index is -0.327. The molecule has 0 atom stereocenters. The van der Waals surface area contributed by atoms with E-state index in [-0.39, 0.29) is 11.7 Å². The minimum Gasteiger partial charge on any atom is -0.489 e. The lowest BCUT2D eigenvalue weighted by Crippen LogP contribution is -2.34. The number of carbonyl (C=O) groups excluding carboxylic acids is 1. The molecule has 1 aromatic heterocycles. The maximum atomic E-state index is 14.6. The summed E-state index contributed by atoms with van der Waals surface area (Å²) >= 11 is 0. The predicted molar refractivity (Wildman–Crippen MR) is 120 cm³/mol. The van der Waals surface area contributed by atoms with E-state index < -0.39 is 0 Å². The van der Waals surface area contributed by atoms with Crippen LogP contribution in [0.1, 0.15) is 29.8 Å². The Morgan fingerprint density at radius 2 is 2.06 bits per heavy atom. The SMILES string of the molecule is CC(C)CNC(=O)c1cc(-c2ccccc2F)cc2c1OCCN2Cc1cccnc1. The summed E-state index contributed by atoms with van der Waals surface area (Å²) in [7, 11) is 0. The molecule has 160 valence electrons. The Labute approximate surface area is 181 Å². The maximum Gasteiger partial charge on any atom is 0.255 e. The van der Waals surface area contributed by atoms with Crippen molar-refractivity contribution in [1.82, 2.24) is 10.3 Å². The zero-order valence-corrected chi connectivity index (χ0v) is 17.8. The van der Waals surface area contributed by atoms with E-state index in [4.69, 9.17) is 4.74 Å². The van der Waals surface area contributed by atoms with Crippen molar-refractivity contribution in [3.63, 3.8) is 0 Å². The molecule has 0 aliphatic carbocycles. The van der Waals surface area contributed by atoms with E-state index in [2.05, 4.69) is 15.2 Å². The number of ether oxygens (including phenoxy) is 1. The van der Waals surface area contributed by atoms with Crippen molar-refractivity contribution < 1.29 is 13.9 Å². The van der Waals surface area contributed by atoms with Gasteiger partial charge in [-0.15, -0.1) is 0 Å². The Bertz CT molecular complexity index is 1070. The number of amides is 1. The highest BCUT2D eigenvalue weighted by atomic mass is 19.1. The predicted octanol–water partition coefficient (Wildman–Crippen LogP) is 4.67. The number of aromatic nitrogens is 1. The number of rotatable bonds is 6. The largest absolute Gasteiger partial charge is 0.489 e. The van der Waals surface area contributed by atoms with Crippen LogP contribution in [0.5, 0.6) is 5.75 Å². The summed E-state index contributed by atoms with van der Waals surface area (Å²) in [6.07, 6.45) is 3.57. The topological polar surface area (TPSA) is 54.5 Å². The van der Waals surface area contributed by atoms with Crippen molar-refractivity contribution in [3.8, 4) is 16.9 Å². The number of anilines is 1. The van der Waals surface area contributed by atoms with Crippen LogP contribution in [0, 0.1) is 11.7 Å². The Balaban J connectivity index is 1.79. The number of nitrogens with one attached hydrogen (secondary N) is 1. The molecule has 0 radical (unpaired) electrons. The third-order valence-electron chi connectivity index (χ3n) is 5.21. The molecule has 0 bridgehead atoms. The Morgan fingerprint density at radius 3 is 2.81 bits per heavy atom. The van der Waals surface area contributed by atoms with Crippen molar-refractivity contribution in [2.45, 2.75) is 20.4 Å². The number of nitrogens with zero attached hydrogens (tertiary/aromatic N) is 2. The monoisotopic (exact) mass is 419 g/mol. The van der Waals surface area contributed by atoms with Gasteiger partial charge in [-0.2, -0.15) is 0 Å². The molecule has 31 heavy (non-hydrogen) atoms. The maximum absolute atomic E-state index is 14.6. The molecule has 4 rings (SSSR count). The number of halogens is 1. The quantitative estimate of drug-likeness (QED) is 0.631. The van der Waals surface area contributed by atoms with Crippen molar-refractivity contribution in [1.29, 1.82) is 0 Å². The lowest BCUT2D eigenvalue weighted by molar-refractivity contribution is 0.0944. The first-order valence-corrected chi connectivity index (χ1v) is 10.5. The van der Waals surface area contributed by atoms with Crippen LogP contribution in [-0.4, -0.2) is 30.6 Å². The first-order valence-electron chi connectivity index (χ1n) is 10.5. The smallest absolute Gasteiger partial charge is 0.255 e. The Morgan fingerprint density at radius 1 is 1.23 bits per heavy atom. The van der Waals surface area contributed by atoms with E-state index in [0.29, 0.717) is 54.6 Å². The van der Waals surface area contributed by atoms with Gasteiger partial charge >= 0.3 is 0 Å². The number of pyridine rings is 1. The number of fused-ring (bicyclic) bond motifs is 1. The van der Waals surface area contributed by atoms with Gasteiger partial charge in [-0.1, -0.05) is 38.1 Å². The summed E-state index contributed by atoms with van der Waals surface area (Å²) in [5.41, 5.74) is 3.36. The average molecular weight is 420 g/mol. The van der Waals surface area contributed by atoms with Gasteiger partial charge in [0.25, 0.3) is 5.91 Å². The molecule has 2 heterocycles. The highest BCUT2D eigenvalue weighted by molar-refractivity contribution is 6.01. The summed E-state index contributed by atoms with van der Waals surface area (Å²) in [6, 6.07) is 14.1. The minimum absolute atomic E-state index is 0.216. The van der Waals surface area contributed by atoms with Crippen LogP contribution in [0.15, 0.2) is 60.9 Å². The van der Waals surface area contributed by atoms with E-state index in [1.165, 1.54) is 6.07 Å². The molecule has 5 nitrogen and oxygen atoms in total. The molecular weight excluding hydrogens is 393 g/mol. The number of carbonyl (C=O) groups is 1. The van der Waals surface area contributed by atoms with E-state index in [9.17, 15) is 9.18 Å². The van der Waals surface area contributed by atoms with Crippen LogP contribution < -0.4 is 15.0 Å². The van der Waals surface area contributed by atoms with Gasteiger partial charge in [0.2, 0.25) is 0 Å². The van der Waals surface area contributed by atoms with Crippen molar-refractivity contribution in [2.24, 2.45) is 5.92 Å². The fourth-order valence-corrected chi connectivity index (χ4v) is 3.67. The molecule has 6 heteroatoms.